The van der Waals surface area contributed by atoms with Crippen molar-refractivity contribution in [1.29, 1.82) is 0 Å². The van der Waals surface area contributed by atoms with Gasteiger partial charge in [-0.05, 0) is 6.16 Å². The van der Waals surface area contributed by atoms with E-state index in [1.807, 2.05) is 0 Å². The van der Waals surface area contributed by atoms with Crippen molar-refractivity contribution in [1.82, 2.24) is 0 Å². The molecule has 0 rings (SSSR count). The third kappa shape index (κ3) is 472. The Labute approximate surface area is 119 Å². The molecule has 0 aromatic rings. The Hall–Kier alpha value is 1.48. The summed E-state index contributed by atoms with van der Waals surface area (Å²) in [5, 5.41) is 16.7. The second-order valence-electron chi connectivity index (χ2n) is 0.658. The minimum absolute atomic E-state index is 0. The zero-order chi connectivity index (χ0) is 8.08. The van der Waals surface area contributed by atoms with Crippen LogP contribution in [0.3, 0.4) is 0 Å². The first kappa shape index (κ1) is 22.9. The van der Waals surface area contributed by atoms with E-state index in [0.717, 1.165) is 0 Å². The molecule has 0 aliphatic heterocycles. The average Bonchev–Trinajstić information content (AvgIpc) is 1.19. The standard InChI is InChI=1S/CH2O3.Ba.Mg.H2O4S/c2-1(3)4;;;1-5(2,3)4/h(H2,2,3,4);;;(H2,1,2,3,4)/q;2*+2;/p-4. The van der Waals surface area contributed by atoms with Gasteiger partial charge in [0.2, 0.25) is 0 Å². The van der Waals surface area contributed by atoms with Crippen molar-refractivity contribution < 1.29 is 32.5 Å². The van der Waals surface area contributed by atoms with E-state index in [9.17, 15) is 0 Å². The van der Waals surface area contributed by atoms with Crippen LogP contribution < -0.4 is 10.2 Å². The van der Waals surface area contributed by atoms with Crippen molar-refractivity contribution in [2.75, 3.05) is 0 Å². The summed E-state index contributed by atoms with van der Waals surface area (Å²) in [5.41, 5.74) is 0. The van der Waals surface area contributed by atoms with E-state index < -0.39 is 16.6 Å². The van der Waals surface area contributed by atoms with E-state index in [4.69, 9.17) is 32.5 Å². The maximum Gasteiger partial charge on any atom is 2.00 e. The molecule has 0 aromatic heterocycles. The minimum Gasteiger partial charge on any atom is -0.759 e. The van der Waals surface area contributed by atoms with E-state index in [0.29, 0.717) is 0 Å². The van der Waals surface area contributed by atoms with Crippen LogP contribution in [0, 0.1) is 0 Å². The Kier molecular flexibility index (Phi) is 23.9. The van der Waals surface area contributed by atoms with Crippen molar-refractivity contribution in [3.05, 3.63) is 0 Å². The summed E-state index contributed by atoms with van der Waals surface area (Å²) in [5.74, 6) is 0. The number of carbonyl (C=O) groups excluding carboxylic acids is 1. The van der Waals surface area contributed by atoms with Crippen molar-refractivity contribution in [2.24, 2.45) is 0 Å². The Bertz CT molecular complexity index is 161. The molecule has 10 heteroatoms. The first-order chi connectivity index (χ1) is 3.73. The molecule has 56 valence electrons. The molecule has 0 aromatic carbocycles. The maximum atomic E-state index is 8.52. The van der Waals surface area contributed by atoms with Gasteiger partial charge < -0.3 is 24.1 Å². The van der Waals surface area contributed by atoms with Crippen LogP contribution in [-0.4, -0.2) is 95.6 Å². The molecule has 0 saturated carbocycles. The summed E-state index contributed by atoms with van der Waals surface area (Å²) < 4.78 is 34.1. The fraction of sp³-hybridized carbons (Fsp3) is 0. The largest absolute Gasteiger partial charge is 2.00 e. The van der Waals surface area contributed by atoms with Gasteiger partial charge in [-0.25, -0.2) is 0 Å². The Balaban J connectivity index is -0.0000000383. The van der Waals surface area contributed by atoms with Crippen LogP contribution in [0.2, 0.25) is 0 Å². The maximum absolute atomic E-state index is 8.52. The fourth-order valence-corrected chi connectivity index (χ4v) is 0. The van der Waals surface area contributed by atoms with E-state index in [1.54, 1.807) is 0 Å². The number of hydrogen-bond donors (Lipinski definition) is 0. The summed E-state index contributed by atoms with van der Waals surface area (Å²) in [6.45, 7) is 0. The van der Waals surface area contributed by atoms with Gasteiger partial charge in [0.15, 0.2) is 0 Å². The van der Waals surface area contributed by atoms with Crippen molar-refractivity contribution in [2.45, 2.75) is 0 Å². The average molecular weight is 318 g/mol. The monoisotopic (exact) mass is 318 g/mol. The summed E-state index contributed by atoms with van der Waals surface area (Å²) >= 11 is 0. The fourth-order valence-electron chi connectivity index (χ4n) is 0. The normalized spacial score (nSPS) is 7.45. The second kappa shape index (κ2) is 11.5. The van der Waals surface area contributed by atoms with Gasteiger partial charge in [-0.15, -0.1) is 0 Å². The predicted molar refractivity (Wildman–Crippen MR) is 27.4 cm³/mol. The first-order valence-corrected chi connectivity index (χ1v) is 2.61. The van der Waals surface area contributed by atoms with Gasteiger partial charge in [-0.3, -0.25) is 8.42 Å². The van der Waals surface area contributed by atoms with Gasteiger partial charge in [-0.1, -0.05) is 0 Å². The molecule has 0 radical (unpaired) electrons. The van der Waals surface area contributed by atoms with Gasteiger partial charge in [0.05, 0.1) is 0 Å². The molecule has 11 heavy (non-hydrogen) atoms. The molecular weight excluding hydrogens is 318 g/mol. The molecule has 0 amide bonds. The zero-order valence-electron chi connectivity index (χ0n) is 5.18. The Morgan fingerprint density at radius 1 is 1.09 bits per heavy atom. The van der Waals surface area contributed by atoms with Gasteiger partial charge >= 0.3 is 71.9 Å². The zero-order valence-corrected chi connectivity index (χ0v) is 11.9. The molecule has 0 aliphatic rings. The van der Waals surface area contributed by atoms with Crippen LogP contribution in [0.1, 0.15) is 0 Å². The first-order valence-electron chi connectivity index (χ1n) is 1.28. The molecule has 0 unspecified atom stereocenters. The summed E-state index contributed by atoms with van der Waals surface area (Å²) in [6, 6.07) is 0. The number of rotatable bonds is 0. The van der Waals surface area contributed by atoms with Gasteiger partial charge in [0.25, 0.3) is 0 Å². The molecule has 0 atom stereocenters. The van der Waals surface area contributed by atoms with Crippen LogP contribution in [0.5, 0.6) is 0 Å². The number of carbonyl (C=O) groups is 1. The topological polar surface area (TPSA) is 143 Å². The molecule has 0 spiro atoms. The molecule has 0 saturated heterocycles. The SMILES string of the molecule is O=C([O-])[O-].O=S(=O)([O-])[O-].[Ba+2].[Mg+2]. The smallest absolute Gasteiger partial charge is 0.759 e. The van der Waals surface area contributed by atoms with E-state index in [2.05, 4.69) is 0 Å². The third-order valence-electron chi connectivity index (χ3n) is 0. The molecule has 0 fully saturated rings. The summed E-state index contributed by atoms with van der Waals surface area (Å²) in [4.78, 5) is 8.33. The van der Waals surface area contributed by atoms with Crippen LogP contribution in [-0.2, 0) is 10.4 Å². The Morgan fingerprint density at radius 3 is 1.09 bits per heavy atom. The number of hydrogen-bond acceptors (Lipinski definition) is 7. The van der Waals surface area contributed by atoms with Crippen molar-refractivity contribution in [3.8, 4) is 0 Å². The quantitative estimate of drug-likeness (QED) is 0.248. The predicted octanol–water partition coefficient (Wildman–Crippen LogP) is -4.55. The van der Waals surface area contributed by atoms with Gasteiger partial charge in [0, 0.05) is 10.4 Å². The van der Waals surface area contributed by atoms with E-state index >= 15 is 0 Å². The minimum atomic E-state index is -5.17. The van der Waals surface area contributed by atoms with Crippen LogP contribution in [0.15, 0.2) is 0 Å². The summed E-state index contributed by atoms with van der Waals surface area (Å²) in [6.07, 6.45) is -2.33. The van der Waals surface area contributed by atoms with Crippen LogP contribution >= 0.6 is 0 Å². The van der Waals surface area contributed by atoms with E-state index in [1.165, 1.54) is 0 Å². The summed E-state index contributed by atoms with van der Waals surface area (Å²) in [7, 11) is -5.17. The molecule has 0 bridgehead atoms. The molecule has 0 aliphatic carbocycles. The van der Waals surface area contributed by atoms with Crippen molar-refractivity contribution >= 4 is 88.5 Å². The Morgan fingerprint density at radius 2 is 1.09 bits per heavy atom. The molecule has 7 nitrogen and oxygen atoms in total. The van der Waals surface area contributed by atoms with Crippen molar-refractivity contribution in [3.63, 3.8) is 0 Å². The van der Waals surface area contributed by atoms with Crippen LogP contribution in [0.25, 0.3) is 0 Å². The third-order valence-corrected chi connectivity index (χ3v) is 0. The second-order valence-corrected chi connectivity index (χ2v) is 1.47. The molecule has 0 heterocycles. The number of carboxylic acid groups (broad SMARTS) is 2. The molecular formula is CBaMgO7S. The van der Waals surface area contributed by atoms with Gasteiger partial charge in [-0.2, -0.15) is 0 Å². The van der Waals surface area contributed by atoms with E-state index in [-0.39, 0.29) is 71.9 Å². The van der Waals surface area contributed by atoms with Crippen LogP contribution in [0.4, 0.5) is 4.79 Å². The molecule has 0 N–H and O–H groups in total. The van der Waals surface area contributed by atoms with Gasteiger partial charge in [0.1, 0.15) is 0 Å².